The van der Waals surface area contributed by atoms with Crippen molar-refractivity contribution in [2.24, 2.45) is 0 Å². The molecule has 0 aliphatic rings. The van der Waals surface area contributed by atoms with Crippen LogP contribution < -0.4 is 5.32 Å². The van der Waals surface area contributed by atoms with Gasteiger partial charge in [0, 0.05) is 26.5 Å². The van der Waals surface area contributed by atoms with Crippen molar-refractivity contribution in [3.8, 4) is 11.3 Å². The van der Waals surface area contributed by atoms with Crippen molar-refractivity contribution in [2.75, 3.05) is 5.32 Å². The second-order valence-corrected chi connectivity index (χ2v) is 7.65. The lowest BCUT2D eigenvalue weighted by atomic mass is 10.2. The third-order valence-corrected chi connectivity index (χ3v) is 5.07. The highest BCUT2D eigenvalue weighted by Gasteiger charge is 2.10. The summed E-state index contributed by atoms with van der Waals surface area (Å²) in [4.78, 5) is 16.4. The van der Waals surface area contributed by atoms with E-state index in [0.717, 1.165) is 15.6 Å². The maximum absolute atomic E-state index is 12.0. The molecule has 3 aromatic rings. The number of benzene rings is 2. The number of anilines is 1. The predicted molar refractivity (Wildman–Crippen MR) is 109 cm³/mol. The molecule has 0 atom stereocenters. The van der Waals surface area contributed by atoms with Crippen LogP contribution in [0.2, 0.25) is 10.0 Å². The quantitative estimate of drug-likeness (QED) is 0.456. The van der Waals surface area contributed by atoms with E-state index in [0.29, 0.717) is 20.9 Å². The highest BCUT2D eigenvalue weighted by atomic mass is 79.9. The molecule has 0 radical (unpaired) electrons. The molecule has 0 saturated carbocycles. The maximum Gasteiger partial charge on any atom is 0.250 e. The van der Waals surface area contributed by atoms with E-state index < -0.39 is 0 Å². The highest BCUT2D eigenvalue weighted by molar-refractivity contribution is 9.10. The summed E-state index contributed by atoms with van der Waals surface area (Å²) in [6.45, 7) is 0. The minimum Gasteiger partial charge on any atom is -0.298 e. The van der Waals surface area contributed by atoms with Crippen molar-refractivity contribution in [1.29, 1.82) is 0 Å². The summed E-state index contributed by atoms with van der Waals surface area (Å²) in [6, 6.07) is 12.9. The monoisotopic (exact) mass is 452 g/mol. The Labute approximate surface area is 167 Å². The van der Waals surface area contributed by atoms with Gasteiger partial charge in [0.05, 0.1) is 10.7 Å². The first-order valence-electron chi connectivity index (χ1n) is 7.17. The molecule has 7 heteroatoms. The number of hydrogen-bond donors (Lipinski definition) is 1. The molecule has 0 aliphatic carbocycles. The molecule has 1 aromatic heterocycles. The van der Waals surface area contributed by atoms with Gasteiger partial charge in [-0.25, -0.2) is 4.98 Å². The minimum absolute atomic E-state index is 0.244. The molecule has 0 saturated heterocycles. The largest absolute Gasteiger partial charge is 0.298 e. The average Bonchev–Trinajstić information content (AvgIpc) is 3.02. The number of amides is 1. The Kier molecular flexibility index (Phi) is 5.91. The number of carbonyl (C=O) groups is 1. The lowest BCUT2D eigenvalue weighted by Crippen LogP contribution is -2.07. The van der Waals surface area contributed by atoms with Crippen LogP contribution in [-0.4, -0.2) is 10.9 Å². The molecule has 3 rings (SSSR count). The average molecular weight is 454 g/mol. The Morgan fingerprint density at radius 2 is 1.92 bits per heavy atom. The maximum atomic E-state index is 12.0. The van der Waals surface area contributed by atoms with Gasteiger partial charge in [0.15, 0.2) is 5.13 Å². The summed E-state index contributed by atoms with van der Waals surface area (Å²) in [5.41, 5.74) is 2.40. The van der Waals surface area contributed by atoms with Crippen LogP contribution in [0.3, 0.4) is 0 Å². The molecule has 1 heterocycles. The topological polar surface area (TPSA) is 42.0 Å². The third-order valence-electron chi connectivity index (χ3n) is 3.24. The van der Waals surface area contributed by atoms with E-state index in [1.807, 2.05) is 29.6 Å². The Bertz CT molecular complexity index is 939. The molecule has 0 unspecified atom stereocenters. The number of aromatic nitrogens is 1. The molecular formula is C18H11BrCl2N2OS. The van der Waals surface area contributed by atoms with Crippen LogP contribution in [0, 0.1) is 0 Å². The van der Waals surface area contributed by atoms with Crippen LogP contribution in [0.4, 0.5) is 5.13 Å². The Hall–Kier alpha value is -1.66. The summed E-state index contributed by atoms with van der Waals surface area (Å²) in [5, 5.41) is 6.17. The van der Waals surface area contributed by atoms with Crippen LogP contribution >= 0.6 is 50.5 Å². The number of rotatable bonds is 4. The summed E-state index contributed by atoms with van der Waals surface area (Å²) < 4.78 is 0.991. The van der Waals surface area contributed by atoms with Crippen molar-refractivity contribution in [3.05, 3.63) is 74.0 Å². The zero-order valence-corrected chi connectivity index (χ0v) is 16.6. The van der Waals surface area contributed by atoms with Crippen molar-refractivity contribution >= 4 is 67.6 Å². The van der Waals surface area contributed by atoms with E-state index in [2.05, 4.69) is 26.2 Å². The second kappa shape index (κ2) is 8.15. The lowest BCUT2D eigenvalue weighted by Gasteiger charge is -2.01. The minimum atomic E-state index is -0.244. The first-order chi connectivity index (χ1) is 12.0. The summed E-state index contributed by atoms with van der Waals surface area (Å²) in [7, 11) is 0. The van der Waals surface area contributed by atoms with Gasteiger partial charge in [0.25, 0.3) is 0 Å². The SMILES string of the molecule is O=C(C=Cc1ccc(Br)cc1)Nc1nc(-c2ccc(Cl)cc2Cl)cs1. The molecule has 0 bridgehead atoms. The van der Waals surface area contributed by atoms with Gasteiger partial charge in [0.2, 0.25) is 5.91 Å². The van der Waals surface area contributed by atoms with E-state index >= 15 is 0 Å². The molecule has 1 amide bonds. The molecule has 2 aromatic carbocycles. The Balaban J connectivity index is 1.68. The van der Waals surface area contributed by atoms with Crippen molar-refractivity contribution in [3.63, 3.8) is 0 Å². The van der Waals surface area contributed by atoms with E-state index in [1.54, 1.807) is 24.3 Å². The fourth-order valence-corrected chi connectivity index (χ4v) is 3.53. The third kappa shape index (κ3) is 4.92. The Morgan fingerprint density at radius 3 is 2.64 bits per heavy atom. The van der Waals surface area contributed by atoms with E-state index in [9.17, 15) is 4.79 Å². The predicted octanol–water partition coefficient (Wildman–Crippen LogP) is 6.53. The molecule has 25 heavy (non-hydrogen) atoms. The first-order valence-corrected chi connectivity index (χ1v) is 9.60. The van der Waals surface area contributed by atoms with Gasteiger partial charge < -0.3 is 0 Å². The zero-order chi connectivity index (χ0) is 17.8. The molecular weight excluding hydrogens is 443 g/mol. The first kappa shape index (κ1) is 18.1. The highest BCUT2D eigenvalue weighted by Crippen LogP contribution is 2.32. The zero-order valence-electron chi connectivity index (χ0n) is 12.7. The van der Waals surface area contributed by atoms with Gasteiger partial charge in [-0.15, -0.1) is 11.3 Å². The van der Waals surface area contributed by atoms with Gasteiger partial charge >= 0.3 is 0 Å². The van der Waals surface area contributed by atoms with Gasteiger partial charge in [-0.1, -0.05) is 51.3 Å². The molecule has 0 fully saturated rings. The van der Waals surface area contributed by atoms with Gasteiger partial charge in [-0.2, -0.15) is 0 Å². The van der Waals surface area contributed by atoms with Crippen LogP contribution in [-0.2, 0) is 4.79 Å². The normalized spacial score (nSPS) is 11.0. The van der Waals surface area contributed by atoms with Crippen LogP contribution in [0.15, 0.2) is 58.4 Å². The molecule has 126 valence electrons. The van der Waals surface area contributed by atoms with Crippen LogP contribution in [0.25, 0.3) is 17.3 Å². The lowest BCUT2D eigenvalue weighted by molar-refractivity contribution is -0.111. The van der Waals surface area contributed by atoms with E-state index in [-0.39, 0.29) is 5.91 Å². The summed E-state index contributed by atoms with van der Waals surface area (Å²) in [6.07, 6.45) is 3.21. The number of thiazole rings is 1. The van der Waals surface area contributed by atoms with E-state index in [4.69, 9.17) is 23.2 Å². The Morgan fingerprint density at radius 1 is 1.16 bits per heavy atom. The van der Waals surface area contributed by atoms with Gasteiger partial charge in [0.1, 0.15) is 0 Å². The summed E-state index contributed by atoms with van der Waals surface area (Å²) >= 11 is 16.8. The molecule has 0 spiro atoms. The standard InChI is InChI=1S/C18H11BrCl2N2OS/c19-12-4-1-11(2-5-12)3-8-17(24)23-18-22-16(10-25-18)14-7-6-13(20)9-15(14)21/h1-10H,(H,22,23,24). The fourth-order valence-electron chi connectivity index (χ4n) is 2.04. The summed E-state index contributed by atoms with van der Waals surface area (Å²) in [5.74, 6) is -0.244. The second-order valence-electron chi connectivity index (χ2n) is 5.04. The molecule has 3 nitrogen and oxygen atoms in total. The van der Waals surface area contributed by atoms with Gasteiger partial charge in [-0.05, 0) is 42.0 Å². The smallest absolute Gasteiger partial charge is 0.250 e. The number of hydrogen-bond acceptors (Lipinski definition) is 3. The number of nitrogens with one attached hydrogen (secondary N) is 1. The van der Waals surface area contributed by atoms with Crippen LogP contribution in [0.5, 0.6) is 0 Å². The molecule has 1 N–H and O–H groups in total. The fraction of sp³-hybridized carbons (Fsp3) is 0. The number of halogens is 3. The van der Waals surface area contributed by atoms with Crippen molar-refractivity contribution in [2.45, 2.75) is 0 Å². The van der Waals surface area contributed by atoms with Gasteiger partial charge in [-0.3, -0.25) is 10.1 Å². The van der Waals surface area contributed by atoms with Crippen molar-refractivity contribution < 1.29 is 4.79 Å². The van der Waals surface area contributed by atoms with Crippen LogP contribution in [0.1, 0.15) is 5.56 Å². The number of nitrogens with zero attached hydrogens (tertiary/aromatic N) is 1. The molecule has 0 aliphatic heterocycles. The number of carbonyl (C=O) groups excluding carboxylic acids is 1. The van der Waals surface area contributed by atoms with E-state index in [1.165, 1.54) is 17.4 Å². The van der Waals surface area contributed by atoms with Crippen molar-refractivity contribution in [1.82, 2.24) is 4.98 Å².